The van der Waals surface area contributed by atoms with Crippen LogP contribution in [-0.2, 0) is 10.0 Å². The highest BCUT2D eigenvalue weighted by molar-refractivity contribution is 7.90. The first-order valence-corrected chi connectivity index (χ1v) is 26.4. The number of H-pyrrole nitrogens is 1. The van der Waals surface area contributed by atoms with Crippen molar-refractivity contribution in [3.8, 4) is 17.4 Å². The van der Waals surface area contributed by atoms with Crippen molar-refractivity contribution in [2.24, 2.45) is 11.3 Å². The summed E-state index contributed by atoms with van der Waals surface area (Å²) in [7, 11) is -3.36. The predicted molar refractivity (Wildman–Crippen MR) is 269 cm³/mol. The molecule has 2 aliphatic carbocycles. The smallest absolute Gasteiger partial charge is 0.312 e. The molecule has 4 N–H and O–H groups in total. The molecular weight excluding hydrogens is 930 g/mol. The van der Waals surface area contributed by atoms with E-state index in [1.165, 1.54) is 30.4 Å². The number of fused-ring (bicyclic) bond motifs is 1. The number of rotatable bonds is 15. The van der Waals surface area contributed by atoms with Crippen LogP contribution in [0.25, 0.3) is 11.0 Å². The Labute approximate surface area is 414 Å². The number of hydrogen-bond donors (Lipinski definition) is 4. The molecule has 0 bridgehead atoms. The summed E-state index contributed by atoms with van der Waals surface area (Å²) in [4.78, 5) is 43.8. The van der Waals surface area contributed by atoms with E-state index in [4.69, 9.17) is 9.47 Å². The predicted octanol–water partition coefficient (Wildman–Crippen LogP) is 8.92. The van der Waals surface area contributed by atoms with E-state index in [-0.39, 0.29) is 51.1 Å². The number of amides is 1. The van der Waals surface area contributed by atoms with Crippen LogP contribution in [0.1, 0.15) is 119 Å². The first kappa shape index (κ1) is 50.1. The van der Waals surface area contributed by atoms with Crippen LogP contribution in [-0.4, -0.2) is 113 Å². The summed E-state index contributed by atoms with van der Waals surface area (Å²) >= 11 is 0. The van der Waals surface area contributed by atoms with Crippen molar-refractivity contribution in [2.75, 3.05) is 56.6 Å². The van der Waals surface area contributed by atoms with Crippen molar-refractivity contribution in [3.05, 3.63) is 99.6 Å². The van der Waals surface area contributed by atoms with Gasteiger partial charge in [-0.05, 0) is 113 Å². The minimum atomic E-state index is -4.73. The number of piperidine rings is 1. The molecule has 5 heterocycles. The maximum Gasteiger partial charge on any atom is 0.312 e. The number of methoxy groups -OCH3 is 1. The Hall–Kier alpha value is -5.89. The Balaban J connectivity index is 0.931. The minimum Gasteiger partial charge on any atom is -0.478 e. The van der Waals surface area contributed by atoms with Crippen molar-refractivity contribution in [1.82, 2.24) is 29.5 Å². The number of ether oxygens (including phenoxy) is 2. The Morgan fingerprint density at radius 1 is 1.01 bits per heavy atom. The molecule has 9 rings (SSSR count). The van der Waals surface area contributed by atoms with Crippen LogP contribution in [0.4, 0.5) is 21.6 Å². The van der Waals surface area contributed by atoms with Crippen LogP contribution >= 0.6 is 0 Å². The number of benzene rings is 2. The second-order valence-electron chi connectivity index (χ2n) is 21.0. The fourth-order valence-corrected chi connectivity index (χ4v) is 12.2. The van der Waals surface area contributed by atoms with Crippen LogP contribution < -0.4 is 24.4 Å². The van der Waals surface area contributed by atoms with Crippen molar-refractivity contribution in [2.45, 2.75) is 121 Å². The number of sulfonamides is 1. The molecule has 2 aliphatic heterocycles. The quantitative estimate of drug-likeness (QED) is 0.0571. The second-order valence-corrected chi connectivity index (χ2v) is 22.7. The maximum absolute atomic E-state index is 14.9. The standard InChI is InChI=1S/C52H66FN9O8S/c1-32(2)38-9-7-8-10-39(38)44-31-60(33(3)4)21-22-61(44)36-26-52(27-36)17-19-59(20-18-52)35-11-12-40(45(23-35)70-46-25-41-42(53)30-56-47(41)57-50(46)69-6)49(63)58-71(67,68)37-24-43(62(65)66)48(55-29-37)54-28-34-13-15-51(5,64)16-14-34/h7-12,23-25,29-30,32-34,36,44,64H,13-22,26-28,31H2,1-6H3,(H,54,55)(H,56,57)(H,58,63)/t34?,44-,51?/m0/s1. The number of carbonyl (C=O) groups excluding carboxylic acids is 1. The topological polar surface area (TPSA) is 208 Å². The summed E-state index contributed by atoms with van der Waals surface area (Å²) in [5, 5.41) is 25.6. The van der Waals surface area contributed by atoms with E-state index < -0.39 is 42.9 Å². The van der Waals surface area contributed by atoms with Gasteiger partial charge < -0.3 is 29.8 Å². The molecule has 19 heteroatoms. The lowest BCUT2D eigenvalue weighted by Crippen LogP contribution is -2.60. The van der Waals surface area contributed by atoms with Crippen LogP contribution in [0, 0.1) is 27.3 Å². The highest BCUT2D eigenvalue weighted by atomic mass is 32.2. The molecule has 1 spiro atoms. The number of anilines is 2. The Morgan fingerprint density at radius 2 is 1.75 bits per heavy atom. The lowest BCUT2D eigenvalue weighted by atomic mass is 9.59. The number of aliphatic hydroxyl groups is 1. The minimum absolute atomic E-state index is 0.00817. The largest absolute Gasteiger partial charge is 0.478 e. The number of hydrogen-bond acceptors (Lipinski definition) is 14. The van der Waals surface area contributed by atoms with Crippen LogP contribution in [0.5, 0.6) is 17.4 Å². The third-order valence-corrected chi connectivity index (χ3v) is 16.9. The second kappa shape index (κ2) is 20.0. The molecule has 2 aromatic carbocycles. The van der Waals surface area contributed by atoms with Gasteiger partial charge in [-0.3, -0.25) is 24.7 Å². The number of nitrogens with zero attached hydrogens (tertiary/aromatic N) is 6. The number of nitro groups is 1. The summed E-state index contributed by atoms with van der Waals surface area (Å²) in [5.74, 6) is -1.28. The number of pyridine rings is 2. The summed E-state index contributed by atoms with van der Waals surface area (Å²) in [5.41, 5.74) is 2.51. The number of halogens is 1. The fourth-order valence-electron chi connectivity index (χ4n) is 11.3. The Morgan fingerprint density at radius 3 is 2.44 bits per heavy atom. The first-order chi connectivity index (χ1) is 33.8. The lowest BCUT2D eigenvalue weighted by molar-refractivity contribution is -0.384. The van der Waals surface area contributed by atoms with Crippen molar-refractivity contribution >= 4 is 44.2 Å². The van der Waals surface area contributed by atoms with E-state index >= 15 is 0 Å². The summed E-state index contributed by atoms with van der Waals surface area (Å²) in [6, 6.07) is 17.4. The van der Waals surface area contributed by atoms with E-state index in [0.29, 0.717) is 56.3 Å². The maximum atomic E-state index is 14.9. The molecule has 4 aliphatic rings. The highest BCUT2D eigenvalue weighted by Crippen LogP contribution is 2.53. The van der Waals surface area contributed by atoms with Gasteiger partial charge in [-0.2, -0.15) is 4.98 Å². The van der Waals surface area contributed by atoms with E-state index in [0.717, 1.165) is 82.6 Å². The van der Waals surface area contributed by atoms with Gasteiger partial charge >= 0.3 is 5.69 Å². The van der Waals surface area contributed by atoms with Gasteiger partial charge in [-0.25, -0.2) is 22.5 Å². The Bertz CT molecular complexity index is 2880. The van der Waals surface area contributed by atoms with Gasteiger partial charge in [0.25, 0.3) is 21.8 Å². The Kier molecular flexibility index (Phi) is 14.1. The lowest BCUT2D eigenvalue weighted by Gasteiger charge is -2.58. The number of aromatic nitrogens is 3. The van der Waals surface area contributed by atoms with Crippen LogP contribution in [0.3, 0.4) is 0 Å². The van der Waals surface area contributed by atoms with E-state index in [2.05, 4.69) is 91.7 Å². The molecule has 3 aromatic heterocycles. The van der Waals surface area contributed by atoms with E-state index in [1.54, 1.807) is 19.1 Å². The van der Waals surface area contributed by atoms with Gasteiger partial charge in [0, 0.05) is 87.5 Å². The number of piperazine rings is 1. The number of aromatic amines is 1. The van der Waals surface area contributed by atoms with Gasteiger partial charge in [-0.15, -0.1) is 0 Å². The highest BCUT2D eigenvalue weighted by Gasteiger charge is 2.50. The van der Waals surface area contributed by atoms with Gasteiger partial charge in [0.2, 0.25) is 5.82 Å². The van der Waals surface area contributed by atoms with Crippen molar-refractivity contribution < 1.29 is 37.1 Å². The molecule has 17 nitrogen and oxygen atoms in total. The average molecular weight is 996 g/mol. The average Bonchev–Trinajstić information content (AvgIpc) is 3.70. The third kappa shape index (κ3) is 10.5. The molecule has 2 saturated heterocycles. The molecular formula is C52H66FN9O8S. The van der Waals surface area contributed by atoms with Gasteiger partial charge in [0.15, 0.2) is 5.75 Å². The van der Waals surface area contributed by atoms with Gasteiger partial charge in [-0.1, -0.05) is 38.1 Å². The zero-order valence-electron chi connectivity index (χ0n) is 41.4. The van der Waals surface area contributed by atoms with Gasteiger partial charge in [0.1, 0.15) is 22.1 Å². The molecule has 0 radical (unpaired) electrons. The SMILES string of the molecule is COc1nc2[nH]cc(F)c2cc1Oc1cc(N2CCC3(CC2)CC(N2CCN(C(C)C)C[C@H]2c2ccccc2C(C)C)C3)ccc1C(=O)NS(=O)(=O)c1cnc(NCC2CCC(C)(O)CC2)c([N+](=O)[O-])c1. The normalized spacial score (nSPS) is 22.2. The third-order valence-electron chi connectivity index (χ3n) is 15.6. The molecule has 1 atom stereocenters. The van der Waals surface area contributed by atoms with Crippen molar-refractivity contribution in [1.29, 1.82) is 0 Å². The monoisotopic (exact) mass is 995 g/mol. The molecule has 5 aromatic rings. The summed E-state index contributed by atoms with van der Waals surface area (Å²) < 4.78 is 56.4. The zero-order chi connectivity index (χ0) is 50.4. The number of carbonyl (C=O) groups is 1. The molecule has 71 heavy (non-hydrogen) atoms. The molecule has 0 unspecified atom stereocenters. The van der Waals surface area contributed by atoms with Crippen LogP contribution in [0.15, 0.2) is 71.9 Å². The van der Waals surface area contributed by atoms with Crippen molar-refractivity contribution in [3.63, 3.8) is 0 Å². The summed E-state index contributed by atoms with van der Waals surface area (Å²) in [6.07, 6.45) is 8.92. The molecule has 2 saturated carbocycles. The summed E-state index contributed by atoms with van der Waals surface area (Å²) in [6.45, 7) is 15.8. The van der Waals surface area contributed by atoms with E-state index in [9.17, 15) is 32.8 Å². The molecule has 380 valence electrons. The first-order valence-electron chi connectivity index (χ1n) is 24.9. The zero-order valence-corrected chi connectivity index (χ0v) is 42.2. The van der Waals surface area contributed by atoms with Gasteiger partial charge in [0.05, 0.1) is 34.8 Å². The molecule has 4 fully saturated rings. The van der Waals surface area contributed by atoms with E-state index in [1.807, 2.05) is 0 Å². The molecule has 1 amide bonds. The van der Waals surface area contributed by atoms with Crippen LogP contribution in [0.2, 0.25) is 0 Å². The fraction of sp³-hybridized carbons (Fsp3) is 0.519. The number of nitrogens with one attached hydrogen (secondary N) is 3.